The summed E-state index contributed by atoms with van der Waals surface area (Å²) >= 11 is 1.59. The van der Waals surface area contributed by atoms with Gasteiger partial charge >= 0.3 is 0 Å². The van der Waals surface area contributed by atoms with Gasteiger partial charge in [0.05, 0.1) is 5.69 Å². The van der Waals surface area contributed by atoms with Gasteiger partial charge in [-0.3, -0.25) is 4.40 Å². The van der Waals surface area contributed by atoms with Crippen LogP contribution in [0.2, 0.25) is 0 Å². The zero-order chi connectivity index (χ0) is 20.8. The molecule has 0 amide bonds. The monoisotopic (exact) mass is 416 g/mol. The lowest BCUT2D eigenvalue weighted by atomic mass is 9.97. The molecule has 0 radical (unpaired) electrons. The van der Waals surface area contributed by atoms with Crippen molar-refractivity contribution in [3.05, 3.63) is 70.5 Å². The summed E-state index contributed by atoms with van der Waals surface area (Å²) in [6.07, 6.45) is 3.10. The summed E-state index contributed by atoms with van der Waals surface area (Å²) in [6, 6.07) is 14.9. The molecule has 1 aromatic carbocycles. The van der Waals surface area contributed by atoms with Gasteiger partial charge in [-0.25, -0.2) is 4.98 Å². The van der Waals surface area contributed by atoms with Crippen LogP contribution in [0.25, 0.3) is 22.1 Å². The van der Waals surface area contributed by atoms with Gasteiger partial charge in [-0.2, -0.15) is 9.61 Å². The van der Waals surface area contributed by atoms with Crippen molar-refractivity contribution in [3.8, 4) is 11.5 Å². The smallest absolute Gasteiger partial charge is 0.235 e. The van der Waals surface area contributed by atoms with E-state index in [0.717, 1.165) is 39.2 Å². The van der Waals surface area contributed by atoms with Crippen molar-refractivity contribution < 1.29 is 0 Å². The first-order valence-corrected chi connectivity index (χ1v) is 11.1. The minimum Gasteiger partial charge on any atom is -0.297 e. The van der Waals surface area contributed by atoms with E-state index in [4.69, 9.17) is 5.10 Å². The summed E-state index contributed by atoms with van der Waals surface area (Å²) in [5.41, 5.74) is 5.39. The Hall–Kier alpha value is -3.06. The number of rotatable bonds is 5. The summed E-state index contributed by atoms with van der Waals surface area (Å²) in [5.74, 6) is 1.58. The van der Waals surface area contributed by atoms with Crippen LogP contribution in [0.4, 0.5) is 0 Å². The SMILES string of the molecule is Cc1nc2ccccn2c1-c1nnc2sc(C(C)c3ccc(CC(C)C)cc3)nn12. The van der Waals surface area contributed by atoms with E-state index < -0.39 is 0 Å². The second-order valence-electron chi connectivity index (χ2n) is 8.19. The predicted octanol–water partition coefficient (Wildman–Crippen LogP) is 5.16. The number of benzene rings is 1. The fraction of sp³-hybridized carbons (Fsp3) is 0.304. The van der Waals surface area contributed by atoms with E-state index >= 15 is 0 Å². The second-order valence-corrected chi connectivity index (χ2v) is 9.18. The summed E-state index contributed by atoms with van der Waals surface area (Å²) < 4.78 is 3.90. The minimum absolute atomic E-state index is 0.195. The van der Waals surface area contributed by atoms with Crippen LogP contribution in [0.1, 0.15) is 48.5 Å². The first kappa shape index (κ1) is 18.9. The Morgan fingerprint density at radius 2 is 1.80 bits per heavy atom. The normalized spacial score (nSPS) is 13.0. The fourth-order valence-corrected chi connectivity index (χ4v) is 4.81. The van der Waals surface area contributed by atoms with Gasteiger partial charge in [-0.1, -0.05) is 62.4 Å². The largest absolute Gasteiger partial charge is 0.297 e. The van der Waals surface area contributed by atoms with E-state index in [2.05, 4.69) is 60.2 Å². The number of aryl methyl sites for hydroxylation is 1. The van der Waals surface area contributed by atoms with E-state index in [1.54, 1.807) is 11.3 Å². The van der Waals surface area contributed by atoms with E-state index in [1.165, 1.54) is 11.1 Å². The molecule has 4 heterocycles. The molecule has 0 N–H and O–H groups in total. The molecule has 0 saturated carbocycles. The molecule has 0 spiro atoms. The molecule has 0 aliphatic rings. The zero-order valence-corrected chi connectivity index (χ0v) is 18.4. The van der Waals surface area contributed by atoms with Gasteiger partial charge in [-0.05, 0) is 42.5 Å². The van der Waals surface area contributed by atoms with Crippen LogP contribution in [-0.2, 0) is 6.42 Å². The van der Waals surface area contributed by atoms with E-state index in [0.29, 0.717) is 5.92 Å². The van der Waals surface area contributed by atoms with Crippen molar-refractivity contribution >= 4 is 21.9 Å². The maximum Gasteiger partial charge on any atom is 0.235 e. The topological polar surface area (TPSA) is 60.4 Å². The summed E-state index contributed by atoms with van der Waals surface area (Å²) in [7, 11) is 0. The molecule has 6 nitrogen and oxygen atoms in total. The molecule has 0 aliphatic carbocycles. The van der Waals surface area contributed by atoms with Crippen LogP contribution in [0.3, 0.4) is 0 Å². The van der Waals surface area contributed by atoms with Crippen LogP contribution in [0.15, 0.2) is 48.7 Å². The quantitative estimate of drug-likeness (QED) is 0.397. The number of aromatic nitrogens is 6. The highest BCUT2D eigenvalue weighted by molar-refractivity contribution is 7.16. The highest BCUT2D eigenvalue weighted by atomic mass is 32.1. The number of pyridine rings is 1. The Morgan fingerprint density at radius 3 is 2.57 bits per heavy atom. The lowest BCUT2D eigenvalue weighted by molar-refractivity contribution is 0.647. The molecule has 0 aliphatic heterocycles. The first-order chi connectivity index (χ1) is 14.5. The Bertz CT molecular complexity index is 1330. The van der Waals surface area contributed by atoms with Gasteiger partial charge in [0.2, 0.25) is 10.8 Å². The van der Waals surface area contributed by atoms with Crippen LogP contribution in [-0.4, -0.2) is 29.2 Å². The summed E-state index contributed by atoms with van der Waals surface area (Å²) in [6.45, 7) is 8.69. The molecule has 7 heteroatoms. The van der Waals surface area contributed by atoms with Gasteiger partial charge in [0.1, 0.15) is 16.3 Å². The van der Waals surface area contributed by atoms with Gasteiger partial charge in [0.15, 0.2) is 0 Å². The van der Waals surface area contributed by atoms with E-state index in [1.807, 2.05) is 40.2 Å². The van der Waals surface area contributed by atoms with Crippen molar-refractivity contribution in [2.45, 2.75) is 40.0 Å². The van der Waals surface area contributed by atoms with Crippen molar-refractivity contribution in [1.29, 1.82) is 0 Å². The lowest BCUT2D eigenvalue weighted by Gasteiger charge is -2.10. The molecular weight excluding hydrogens is 392 g/mol. The third kappa shape index (κ3) is 3.19. The average molecular weight is 417 g/mol. The van der Waals surface area contributed by atoms with Crippen molar-refractivity contribution in [2.24, 2.45) is 5.92 Å². The molecule has 1 unspecified atom stereocenters. The Labute approximate surface area is 179 Å². The van der Waals surface area contributed by atoms with Crippen LogP contribution >= 0.6 is 11.3 Å². The second kappa shape index (κ2) is 7.32. The van der Waals surface area contributed by atoms with Crippen LogP contribution < -0.4 is 0 Å². The molecule has 152 valence electrons. The Balaban J connectivity index is 1.52. The van der Waals surface area contributed by atoms with Gasteiger partial charge < -0.3 is 0 Å². The standard InChI is InChI=1S/C23H24N6S/c1-14(2)13-17-8-10-18(11-9-17)15(3)22-27-29-21(25-26-23(29)30-22)20-16(4)24-19-7-5-6-12-28(19)20/h5-12,14-15H,13H2,1-4H3. The van der Waals surface area contributed by atoms with E-state index in [9.17, 15) is 0 Å². The third-order valence-electron chi connectivity index (χ3n) is 5.42. The maximum atomic E-state index is 4.89. The molecule has 5 rings (SSSR count). The number of hydrogen-bond donors (Lipinski definition) is 0. The highest BCUT2D eigenvalue weighted by Crippen LogP contribution is 2.31. The maximum absolute atomic E-state index is 4.89. The predicted molar refractivity (Wildman–Crippen MR) is 120 cm³/mol. The molecule has 1 atom stereocenters. The van der Waals surface area contributed by atoms with Gasteiger partial charge in [0.25, 0.3) is 0 Å². The van der Waals surface area contributed by atoms with Crippen LogP contribution in [0, 0.1) is 12.8 Å². The molecule has 0 saturated heterocycles. The molecule has 0 bridgehead atoms. The third-order valence-corrected chi connectivity index (χ3v) is 6.50. The van der Waals surface area contributed by atoms with Crippen LogP contribution in [0.5, 0.6) is 0 Å². The van der Waals surface area contributed by atoms with Crippen molar-refractivity contribution in [3.63, 3.8) is 0 Å². The highest BCUT2D eigenvalue weighted by Gasteiger charge is 2.21. The molecular formula is C23H24N6S. The lowest BCUT2D eigenvalue weighted by Crippen LogP contribution is -2.00. The van der Waals surface area contributed by atoms with Gasteiger partial charge in [0, 0.05) is 12.1 Å². The zero-order valence-electron chi connectivity index (χ0n) is 17.6. The van der Waals surface area contributed by atoms with Crippen molar-refractivity contribution in [1.82, 2.24) is 29.2 Å². The molecule has 30 heavy (non-hydrogen) atoms. The molecule has 5 aromatic rings. The molecule has 4 aromatic heterocycles. The van der Waals surface area contributed by atoms with Crippen molar-refractivity contribution in [2.75, 3.05) is 0 Å². The minimum atomic E-state index is 0.195. The summed E-state index contributed by atoms with van der Waals surface area (Å²) in [5, 5.41) is 14.7. The number of imidazole rings is 1. The fourth-order valence-electron chi connectivity index (χ4n) is 3.89. The number of nitrogens with zero attached hydrogens (tertiary/aromatic N) is 6. The Kier molecular flexibility index (Phi) is 4.62. The number of hydrogen-bond acceptors (Lipinski definition) is 5. The number of fused-ring (bicyclic) bond motifs is 2. The summed E-state index contributed by atoms with van der Waals surface area (Å²) in [4.78, 5) is 5.45. The average Bonchev–Trinajstić information content (AvgIpc) is 3.39. The molecule has 0 fully saturated rings. The first-order valence-electron chi connectivity index (χ1n) is 10.3. The van der Waals surface area contributed by atoms with E-state index in [-0.39, 0.29) is 5.92 Å². The Morgan fingerprint density at radius 1 is 1.00 bits per heavy atom. The van der Waals surface area contributed by atoms with Gasteiger partial charge in [-0.15, -0.1) is 10.2 Å².